The fraction of sp³-hybridized carbons (Fsp3) is 0.417. The van der Waals surface area contributed by atoms with Crippen molar-refractivity contribution in [2.45, 2.75) is 30.9 Å². The van der Waals surface area contributed by atoms with Crippen molar-refractivity contribution < 1.29 is 23.8 Å². The van der Waals surface area contributed by atoms with E-state index in [0.717, 1.165) is 0 Å². The Kier molecular flexibility index (Phi) is 4.96. The van der Waals surface area contributed by atoms with Crippen LogP contribution in [0.2, 0.25) is 5.02 Å². The Morgan fingerprint density at radius 1 is 1.45 bits per heavy atom. The van der Waals surface area contributed by atoms with E-state index < -0.39 is 25.7 Å². The number of Topliss-reactive ketones (excluding diaryl/α,β-unsaturated/α-hetero) is 1. The van der Waals surface area contributed by atoms with Crippen LogP contribution in [0.15, 0.2) is 24.3 Å². The molecule has 1 unspecified atom stereocenters. The highest BCUT2D eigenvalue weighted by molar-refractivity contribution is 7.31. The van der Waals surface area contributed by atoms with Crippen LogP contribution in [0.25, 0.3) is 0 Å². The summed E-state index contributed by atoms with van der Waals surface area (Å²) in [5.41, 5.74) is 5.48. The van der Waals surface area contributed by atoms with Crippen LogP contribution in [-0.4, -0.2) is 16.8 Å². The third kappa shape index (κ3) is 3.11. The van der Waals surface area contributed by atoms with E-state index in [1.54, 1.807) is 24.3 Å². The summed E-state index contributed by atoms with van der Waals surface area (Å²) in [5, 5.41) is 0.403. The number of hydrogen-bond acceptors (Lipinski definition) is 5. The van der Waals surface area contributed by atoms with Gasteiger partial charge in [0.15, 0.2) is 11.9 Å². The molecule has 0 heterocycles. The van der Waals surface area contributed by atoms with Crippen molar-refractivity contribution in [1.29, 1.82) is 0 Å². The Morgan fingerprint density at radius 3 is 2.80 bits per heavy atom. The average molecular weight is 320 g/mol. The molecule has 8 heteroatoms. The molecule has 1 saturated carbocycles. The first-order valence-corrected chi connectivity index (χ1v) is 7.74. The summed E-state index contributed by atoms with van der Waals surface area (Å²) in [7, 11) is -3.26. The highest BCUT2D eigenvalue weighted by Gasteiger charge is 2.45. The lowest BCUT2D eigenvalue weighted by atomic mass is 9.75. The molecular weight excluding hydrogens is 305 g/mol. The molecule has 110 valence electrons. The Balaban J connectivity index is 2.25. The van der Waals surface area contributed by atoms with E-state index in [4.69, 9.17) is 27.1 Å². The fourth-order valence-corrected chi connectivity index (χ4v) is 2.89. The van der Waals surface area contributed by atoms with Crippen molar-refractivity contribution in [2.24, 2.45) is 5.73 Å². The standard InChI is InChI=1S/C12H15ClNO5P/c13-9-5-2-1-4-8(9)12(14)7-3-6-10(11(12)15)18-19-20(16)17/h1-2,4-5,10,20H,3,6-7,14H2,(H,16,17)/t10-,12-/m0/s1. The molecule has 1 aromatic rings. The van der Waals surface area contributed by atoms with E-state index in [-0.39, 0.29) is 0 Å². The van der Waals surface area contributed by atoms with Gasteiger partial charge in [-0.05, 0) is 30.9 Å². The Bertz CT molecular complexity index is 540. The molecule has 0 aromatic heterocycles. The van der Waals surface area contributed by atoms with E-state index in [0.29, 0.717) is 29.8 Å². The number of ketones is 1. The maximum absolute atomic E-state index is 12.5. The average Bonchev–Trinajstić information content (AvgIpc) is 2.41. The normalized spacial score (nSPS) is 28.4. The quantitative estimate of drug-likeness (QED) is 0.500. The Hall–Kier alpha value is -0.750. The summed E-state index contributed by atoms with van der Waals surface area (Å²) >= 11 is 6.10. The van der Waals surface area contributed by atoms with Crippen molar-refractivity contribution in [3.8, 4) is 0 Å². The van der Waals surface area contributed by atoms with Crippen LogP contribution < -0.4 is 5.73 Å². The maximum atomic E-state index is 12.5. The number of carbonyl (C=O) groups excluding carboxylic acids is 1. The molecule has 1 aromatic carbocycles. The van der Waals surface area contributed by atoms with Crippen molar-refractivity contribution in [3.05, 3.63) is 34.9 Å². The van der Waals surface area contributed by atoms with Crippen LogP contribution >= 0.6 is 19.9 Å². The number of benzene rings is 1. The third-order valence-electron chi connectivity index (χ3n) is 3.36. The fourth-order valence-electron chi connectivity index (χ4n) is 2.39. The molecule has 1 fully saturated rings. The molecule has 6 nitrogen and oxygen atoms in total. The zero-order chi connectivity index (χ0) is 14.8. The van der Waals surface area contributed by atoms with Crippen LogP contribution in [0, 0.1) is 0 Å². The molecule has 0 bridgehead atoms. The summed E-state index contributed by atoms with van der Waals surface area (Å²) in [6, 6.07) is 6.85. The van der Waals surface area contributed by atoms with Gasteiger partial charge >= 0.3 is 8.25 Å². The molecular formula is C12H15ClNO5P. The predicted octanol–water partition coefficient (Wildman–Crippen LogP) is 1.95. The third-order valence-corrected chi connectivity index (χ3v) is 3.93. The summed E-state index contributed by atoms with van der Waals surface area (Å²) in [5.74, 6) is -0.403. The van der Waals surface area contributed by atoms with Crippen molar-refractivity contribution in [2.75, 3.05) is 0 Å². The topological polar surface area (TPSA) is 98.8 Å². The second kappa shape index (κ2) is 6.35. The van der Waals surface area contributed by atoms with Gasteiger partial charge in [-0.2, -0.15) is 4.67 Å². The predicted molar refractivity (Wildman–Crippen MR) is 73.4 cm³/mol. The van der Waals surface area contributed by atoms with Gasteiger partial charge in [-0.15, -0.1) is 0 Å². The first-order chi connectivity index (χ1) is 9.45. The molecule has 3 N–H and O–H groups in total. The van der Waals surface area contributed by atoms with Crippen LogP contribution in [0.3, 0.4) is 0 Å². The van der Waals surface area contributed by atoms with Crippen LogP contribution in [0.1, 0.15) is 24.8 Å². The first kappa shape index (κ1) is 15.6. The number of hydrogen-bond donors (Lipinski definition) is 2. The largest absolute Gasteiger partial charge is 0.344 e. The molecule has 0 spiro atoms. The molecule has 0 radical (unpaired) electrons. The van der Waals surface area contributed by atoms with E-state index in [1.807, 2.05) is 0 Å². The minimum Gasteiger partial charge on any atom is -0.325 e. The van der Waals surface area contributed by atoms with Gasteiger partial charge in [0.05, 0.1) is 0 Å². The molecule has 1 aliphatic carbocycles. The molecule has 2 rings (SSSR count). The van der Waals surface area contributed by atoms with Gasteiger partial charge in [-0.1, -0.05) is 29.8 Å². The number of carbonyl (C=O) groups is 1. The Labute approximate surface area is 121 Å². The summed E-state index contributed by atoms with van der Waals surface area (Å²) < 4.78 is 14.7. The second-order valence-electron chi connectivity index (χ2n) is 4.64. The van der Waals surface area contributed by atoms with Gasteiger partial charge in [-0.25, -0.2) is 4.89 Å². The lowest BCUT2D eigenvalue weighted by Crippen LogP contribution is -2.53. The van der Waals surface area contributed by atoms with E-state index in [2.05, 4.69) is 4.67 Å². The van der Waals surface area contributed by atoms with Crippen LogP contribution in [-0.2, 0) is 24.5 Å². The number of nitrogens with two attached hydrogens (primary N) is 1. The van der Waals surface area contributed by atoms with Gasteiger partial charge in [-0.3, -0.25) is 9.36 Å². The monoisotopic (exact) mass is 319 g/mol. The molecule has 0 amide bonds. The highest BCUT2D eigenvalue weighted by atomic mass is 35.5. The SMILES string of the molecule is N[C@]1(c2ccccc2Cl)CCC[C@H](OO[PH](=O)O)C1=O. The van der Waals surface area contributed by atoms with Crippen molar-refractivity contribution in [3.63, 3.8) is 0 Å². The lowest BCUT2D eigenvalue weighted by Gasteiger charge is -2.36. The minimum atomic E-state index is -3.26. The second-order valence-corrected chi connectivity index (χ2v) is 5.75. The number of rotatable bonds is 4. The zero-order valence-electron chi connectivity index (χ0n) is 10.5. The number of halogens is 1. The summed E-state index contributed by atoms with van der Waals surface area (Å²) in [4.78, 5) is 25.8. The molecule has 20 heavy (non-hydrogen) atoms. The van der Waals surface area contributed by atoms with Gasteiger partial charge in [0.1, 0.15) is 5.54 Å². The van der Waals surface area contributed by atoms with Gasteiger partial charge in [0.2, 0.25) is 0 Å². The maximum Gasteiger partial charge on any atom is 0.344 e. The Morgan fingerprint density at radius 2 is 2.15 bits per heavy atom. The van der Waals surface area contributed by atoms with Crippen LogP contribution in [0.4, 0.5) is 0 Å². The smallest absolute Gasteiger partial charge is 0.325 e. The van der Waals surface area contributed by atoms with Gasteiger partial charge in [0.25, 0.3) is 0 Å². The van der Waals surface area contributed by atoms with E-state index in [1.165, 1.54) is 0 Å². The van der Waals surface area contributed by atoms with E-state index in [9.17, 15) is 9.36 Å². The molecule has 1 aliphatic rings. The molecule has 0 saturated heterocycles. The summed E-state index contributed by atoms with van der Waals surface area (Å²) in [6.07, 6.45) is 0.473. The zero-order valence-corrected chi connectivity index (χ0v) is 12.3. The highest BCUT2D eigenvalue weighted by Crippen LogP contribution is 2.37. The van der Waals surface area contributed by atoms with Crippen molar-refractivity contribution in [1.82, 2.24) is 0 Å². The summed E-state index contributed by atoms with van der Waals surface area (Å²) in [6.45, 7) is 0. The molecule has 0 aliphatic heterocycles. The van der Waals surface area contributed by atoms with Crippen LogP contribution in [0.5, 0.6) is 0 Å². The molecule has 3 atom stereocenters. The van der Waals surface area contributed by atoms with Gasteiger partial charge < -0.3 is 10.6 Å². The lowest BCUT2D eigenvalue weighted by molar-refractivity contribution is -0.246. The van der Waals surface area contributed by atoms with Gasteiger partial charge in [0, 0.05) is 5.02 Å². The first-order valence-electron chi connectivity index (χ1n) is 6.09. The minimum absolute atomic E-state index is 0.386. The van der Waals surface area contributed by atoms with Crippen molar-refractivity contribution >= 4 is 25.6 Å². The van der Waals surface area contributed by atoms with E-state index >= 15 is 0 Å².